The Bertz CT molecular complexity index is 478. The van der Waals surface area contributed by atoms with Crippen LogP contribution in [0.2, 0.25) is 0 Å². The Kier molecular flexibility index (Phi) is 6.88. The molecule has 2 amide bonds. The van der Waals surface area contributed by atoms with Crippen molar-refractivity contribution in [3.63, 3.8) is 0 Å². The van der Waals surface area contributed by atoms with Gasteiger partial charge in [0, 0.05) is 18.6 Å². The van der Waals surface area contributed by atoms with Crippen LogP contribution in [0.4, 0.5) is 4.79 Å². The molecule has 0 aliphatic rings. The highest BCUT2D eigenvalue weighted by Gasteiger charge is 2.20. The van der Waals surface area contributed by atoms with Crippen LogP contribution >= 0.6 is 0 Å². The minimum atomic E-state index is -0.525. The number of aliphatic hydroxyl groups excluding tert-OH is 1. The van der Waals surface area contributed by atoms with Gasteiger partial charge in [-0.3, -0.25) is 0 Å². The van der Waals surface area contributed by atoms with Crippen LogP contribution in [0.25, 0.3) is 0 Å². The molecule has 1 rings (SSSR count). The van der Waals surface area contributed by atoms with Crippen LogP contribution in [0.15, 0.2) is 18.2 Å². The molecule has 4 heteroatoms. The molecule has 22 heavy (non-hydrogen) atoms. The second-order valence-corrected chi connectivity index (χ2v) is 6.65. The van der Waals surface area contributed by atoms with E-state index in [1.807, 2.05) is 20.8 Å². The predicted octanol–water partition coefficient (Wildman–Crippen LogP) is 3.04. The van der Waals surface area contributed by atoms with Crippen LogP contribution in [0, 0.1) is 13.8 Å². The van der Waals surface area contributed by atoms with Crippen LogP contribution in [-0.4, -0.2) is 40.8 Å². The number of nitrogens with one attached hydrogen (secondary N) is 1. The molecule has 0 aliphatic carbocycles. The van der Waals surface area contributed by atoms with Gasteiger partial charge >= 0.3 is 6.03 Å². The molecule has 0 bridgehead atoms. The Hall–Kier alpha value is -1.55. The number of aliphatic hydroxyl groups is 1. The van der Waals surface area contributed by atoms with Crippen LogP contribution in [0.5, 0.6) is 0 Å². The largest absolute Gasteiger partial charge is 0.392 e. The van der Waals surface area contributed by atoms with Gasteiger partial charge in [0.15, 0.2) is 0 Å². The van der Waals surface area contributed by atoms with E-state index in [9.17, 15) is 9.90 Å². The summed E-state index contributed by atoms with van der Waals surface area (Å²) in [5, 5.41) is 12.6. The Balaban J connectivity index is 2.66. The summed E-state index contributed by atoms with van der Waals surface area (Å²) >= 11 is 0. The fourth-order valence-electron chi connectivity index (χ4n) is 2.70. The first kappa shape index (κ1) is 18.5. The number of urea groups is 1. The summed E-state index contributed by atoms with van der Waals surface area (Å²) in [6.45, 7) is 12.1. The standard InChI is InChI=1S/C18H30N2O2/c1-12(2)20(11-16(6)21)18(22)19-15(5)10-17-8-13(3)7-14(4)9-17/h7-9,12,15-16,21H,10-11H2,1-6H3,(H,19,22). The molecule has 0 aliphatic heterocycles. The number of amides is 2. The molecule has 2 N–H and O–H groups in total. The fraction of sp³-hybridized carbons (Fsp3) is 0.611. The van der Waals surface area contributed by atoms with Crippen molar-refractivity contribution in [2.45, 2.75) is 66.2 Å². The molecule has 0 saturated heterocycles. The first-order valence-electron chi connectivity index (χ1n) is 8.01. The molecule has 0 aromatic heterocycles. The maximum absolute atomic E-state index is 12.4. The third-order valence-corrected chi connectivity index (χ3v) is 3.54. The van der Waals surface area contributed by atoms with Crippen molar-refractivity contribution in [3.05, 3.63) is 34.9 Å². The molecule has 0 radical (unpaired) electrons. The summed E-state index contributed by atoms with van der Waals surface area (Å²) in [6, 6.07) is 6.45. The number of nitrogens with zero attached hydrogens (tertiary/aromatic N) is 1. The van der Waals surface area contributed by atoms with Crippen molar-refractivity contribution in [2.75, 3.05) is 6.54 Å². The second-order valence-electron chi connectivity index (χ2n) is 6.65. The maximum Gasteiger partial charge on any atom is 0.317 e. The van der Waals surface area contributed by atoms with E-state index in [0.29, 0.717) is 6.54 Å². The number of carbonyl (C=O) groups is 1. The highest BCUT2D eigenvalue weighted by Crippen LogP contribution is 2.11. The molecule has 0 saturated carbocycles. The molecule has 4 nitrogen and oxygen atoms in total. The van der Waals surface area contributed by atoms with Crippen molar-refractivity contribution < 1.29 is 9.90 Å². The topological polar surface area (TPSA) is 52.6 Å². The molecule has 2 atom stereocenters. The molecule has 1 aromatic carbocycles. The summed E-state index contributed by atoms with van der Waals surface area (Å²) in [4.78, 5) is 14.0. The van der Waals surface area contributed by atoms with E-state index in [-0.39, 0.29) is 18.1 Å². The molecule has 2 unspecified atom stereocenters. The van der Waals surface area contributed by atoms with Gasteiger partial charge in [-0.25, -0.2) is 4.79 Å². The van der Waals surface area contributed by atoms with Crippen LogP contribution in [-0.2, 0) is 6.42 Å². The van der Waals surface area contributed by atoms with E-state index in [0.717, 1.165) is 6.42 Å². The smallest absolute Gasteiger partial charge is 0.317 e. The number of aryl methyl sites for hydroxylation is 2. The Morgan fingerprint density at radius 3 is 2.14 bits per heavy atom. The molecular formula is C18H30N2O2. The number of hydrogen-bond acceptors (Lipinski definition) is 2. The van der Waals surface area contributed by atoms with E-state index < -0.39 is 6.10 Å². The Labute approximate surface area is 134 Å². The van der Waals surface area contributed by atoms with Gasteiger partial charge in [0.1, 0.15) is 0 Å². The van der Waals surface area contributed by atoms with Crippen molar-refractivity contribution in [2.24, 2.45) is 0 Å². The average molecular weight is 306 g/mol. The summed E-state index contributed by atoms with van der Waals surface area (Å²) in [5.74, 6) is 0. The molecule has 1 aromatic rings. The number of carbonyl (C=O) groups excluding carboxylic acids is 1. The summed E-state index contributed by atoms with van der Waals surface area (Å²) < 4.78 is 0. The maximum atomic E-state index is 12.4. The zero-order valence-corrected chi connectivity index (χ0v) is 14.7. The third-order valence-electron chi connectivity index (χ3n) is 3.54. The zero-order valence-electron chi connectivity index (χ0n) is 14.7. The van der Waals surface area contributed by atoms with Crippen molar-refractivity contribution in [3.8, 4) is 0 Å². The second kappa shape index (κ2) is 8.18. The number of hydrogen-bond donors (Lipinski definition) is 2. The third kappa shape index (κ3) is 6.06. The van der Waals surface area contributed by atoms with Gasteiger partial charge in [0.2, 0.25) is 0 Å². The summed E-state index contributed by atoms with van der Waals surface area (Å²) in [5.41, 5.74) is 3.72. The summed E-state index contributed by atoms with van der Waals surface area (Å²) in [6.07, 6.45) is 0.275. The molecule has 124 valence electrons. The number of rotatable bonds is 6. The molecular weight excluding hydrogens is 276 g/mol. The first-order chi connectivity index (χ1) is 10.2. The summed E-state index contributed by atoms with van der Waals surface area (Å²) in [7, 11) is 0. The molecule has 0 spiro atoms. The minimum Gasteiger partial charge on any atom is -0.392 e. The van der Waals surface area contributed by atoms with Crippen molar-refractivity contribution in [1.82, 2.24) is 10.2 Å². The van der Waals surface area contributed by atoms with E-state index in [1.165, 1.54) is 16.7 Å². The van der Waals surface area contributed by atoms with E-state index in [1.54, 1.807) is 11.8 Å². The lowest BCUT2D eigenvalue weighted by Crippen LogP contribution is -2.49. The zero-order chi connectivity index (χ0) is 16.9. The normalized spacial score (nSPS) is 13.8. The fourth-order valence-corrected chi connectivity index (χ4v) is 2.70. The predicted molar refractivity (Wildman–Crippen MR) is 91.1 cm³/mol. The lowest BCUT2D eigenvalue weighted by molar-refractivity contribution is 0.117. The van der Waals surface area contributed by atoms with Crippen LogP contribution in [0.1, 0.15) is 44.4 Å². The Morgan fingerprint density at radius 2 is 1.68 bits per heavy atom. The SMILES string of the molecule is Cc1cc(C)cc(CC(C)NC(=O)N(CC(C)O)C(C)C)c1. The average Bonchev–Trinajstić information content (AvgIpc) is 2.33. The van der Waals surface area contributed by atoms with Gasteiger partial charge in [-0.15, -0.1) is 0 Å². The van der Waals surface area contributed by atoms with Crippen molar-refractivity contribution >= 4 is 6.03 Å². The molecule has 0 heterocycles. The van der Waals surface area contributed by atoms with Crippen LogP contribution < -0.4 is 5.32 Å². The van der Waals surface area contributed by atoms with E-state index in [2.05, 4.69) is 37.4 Å². The van der Waals surface area contributed by atoms with E-state index in [4.69, 9.17) is 0 Å². The Morgan fingerprint density at radius 1 is 1.14 bits per heavy atom. The van der Waals surface area contributed by atoms with Gasteiger partial charge in [-0.1, -0.05) is 29.3 Å². The molecule has 0 fully saturated rings. The van der Waals surface area contributed by atoms with Crippen molar-refractivity contribution in [1.29, 1.82) is 0 Å². The van der Waals surface area contributed by atoms with Gasteiger partial charge < -0.3 is 15.3 Å². The van der Waals surface area contributed by atoms with E-state index >= 15 is 0 Å². The highest BCUT2D eigenvalue weighted by atomic mass is 16.3. The quantitative estimate of drug-likeness (QED) is 0.849. The first-order valence-corrected chi connectivity index (χ1v) is 8.01. The monoisotopic (exact) mass is 306 g/mol. The van der Waals surface area contributed by atoms with Gasteiger partial charge in [-0.05, 0) is 53.5 Å². The van der Waals surface area contributed by atoms with Gasteiger partial charge in [-0.2, -0.15) is 0 Å². The van der Waals surface area contributed by atoms with Crippen LogP contribution in [0.3, 0.4) is 0 Å². The minimum absolute atomic E-state index is 0.0453. The number of benzene rings is 1. The van der Waals surface area contributed by atoms with Gasteiger partial charge in [0.25, 0.3) is 0 Å². The lowest BCUT2D eigenvalue weighted by atomic mass is 10.0. The lowest BCUT2D eigenvalue weighted by Gasteiger charge is -2.29. The van der Waals surface area contributed by atoms with Gasteiger partial charge in [0.05, 0.1) is 6.10 Å². The highest BCUT2D eigenvalue weighted by molar-refractivity contribution is 5.74.